The maximum atomic E-state index is 12.3. The van der Waals surface area contributed by atoms with Gasteiger partial charge in [0.05, 0.1) is 6.26 Å². The summed E-state index contributed by atoms with van der Waals surface area (Å²) in [6, 6.07) is 6.76. The monoisotopic (exact) mass is 310 g/mol. The smallest absolute Gasteiger partial charge is 0.251 e. The quantitative estimate of drug-likeness (QED) is 0.896. The highest BCUT2D eigenvalue weighted by molar-refractivity contribution is 7.92. The Balaban J connectivity index is 2.07. The van der Waals surface area contributed by atoms with Crippen molar-refractivity contribution in [3.63, 3.8) is 0 Å². The Morgan fingerprint density at radius 3 is 2.62 bits per heavy atom. The number of anilines is 1. The van der Waals surface area contributed by atoms with Gasteiger partial charge in [-0.3, -0.25) is 9.52 Å². The van der Waals surface area contributed by atoms with E-state index in [-0.39, 0.29) is 11.9 Å². The number of carbonyl (C=O) groups excluding carboxylic acids is 1. The van der Waals surface area contributed by atoms with E-state index in [0.717, 1.165) is 25.5 Å². The van der Waals surface area contributed by atoms with Gasteiger partial charge < -0.3 is 5.32 Å². The molecule has 1 aromatic carbocycles. The van der Waals surface area contributed by atoms with E-state index in [0.29, 0.717) is 17.2 Å². The van der Waals surface area contributed by atoms with Gasteiger partial charge in [0.2, 0.25) is 10.0 Å². The molecule has 2 atom stereocenters. The van der Waals surface area contributed by atoms with Crippen molar-refractivity contribution in [2.75, 3.05) is 11.0 Å². The summed E-state index contributed by atoms with van der Waals surface area (Å²) in [4.78, 5) is 12.3. The summed E-state index contributed by atoms with van der Waals surface area (Å²) >= 11 is 0. The van der Waals surface area contributed by atoms with Crippen LogP contribution in [0.15, 0.2) is 24.3 Å². The first-order chi connectivity index (χ1) is 9.85. The van der Waals surface area contributed by atoms with Crippen molar-refractivity contribution in [1.29, 1.82) is 0 Å². The highest BCUT2D eigenvalue weighted by Gasteiger charge is 2.23. The topological polar surface area (TPSA) is 75.3 Å². The second-order valence-corrected chi connectivity index (χ2v) is 7.55. The van der Waals surface area contributed by atoms with Crippen molar-refractivity contribution in [2.24, 2.45) is 5.92 Å². The highest BCUT2D eigenvalue weighted by atomic mass is 32.2. The van der Waals surface area contributed by atoms with E-state index >= 15 is 0 Å². The normalized spacial score (nSPS) is 22.6. The highest BCUT2D eigenvalue weighted by Crippen LogP contribution is 2.24. The molecule has 1 aliphatic carbocycles. The SMILES string of the molecule is CC1CCCCC1NC(=O)c1cccc(NS(C)(=O)=O)c1. The van der Waals surface area contributed by atoms with Crippen molar-refractivity contribution in [3.8, 4) is 0 Å². The summed E-state index contributed by atoms with van der Waals surface area (Å²) in [5, 5.41) is 3.06. The van der Waals surface area contributed by atoms with Crippen molar-refractivity contribution < 1.29 is 13.2 Å². The lowest BCUT2D eigenvalue weighted by atomic mass is 9.86. The van der Waals surface area contributed by atoms with Crippen LogP contribution in [-0.2, 0) is 10.0 Å². The van der Waals surface area contributed by atoms with E-state index in [9.17, 15) is 13.2 Å². The first kappa shape index (κ1) is 15.8. The lowest BCUT2D eigenvalue weighted by Crippen LogP contribution is -2.41. The van der Waals surface area contributed by atoms with E-state index in [2.05, 4.69) is 17.0 Å². The first-order valence-electron chi connectivity index (χ1n) is 7.24. The Morgan fingerprint density at radius 1 is 1.24 bits per heavy atom. The van der Waals surface area contributed by atoms with Gasteiger partial charge in [-0.2, -0.15) is 0 Å². The van der Waals surface area contributed by atoms with Crippen LogP contribution in [0.5, 0.6) is 0 Å². The molecular weight excluding hydrogens is 288 g/mol. The van der Waals surface area contributed by atoms with Gasteiger partial charge in [-0.25, -0.2) is 8.42 Å². The molecule has 0 bridgehead atoms. The first-order valence-corrected chi connectivity index (χ1v) is 9.13. The number of benzene rings is 1. The minimum Gasteiger partial charge on any atom is -0.349 e. The van der Waals surface area contributed by atoms with Gasteiger partial charge in [0.25, 0.3) is 5.91 Å². The molecular formula is C15H22N2O3S. The molecule has 0 saturated heterocycles. The maximum absolute atomic E-state index is 12.3. The zero-order valence-electron chi connectivity index (χ0n) is 12.4. The summed E-state index contributed by atoms with van der Waals surface area (Å²) in [6.07, 6.45) is 5.60. The molecule has 2 N–H and O–H groups in total. The van der Waals surface area contributed by atoms with Crippen molar-refractivity contribution in [1.82, 2.24) is 5.32 Å². The van der Waals surface area contributed by atoms with Crippen molar-refractivity contribution in [2.45, 2.75) is 38.6 Å². The number of rotatable bonds is 4. The Labute approximate surface area is 126 Å². The predicted octanol–water partition coefficient (Wildman–Crippen LogP) is 2.37. The number of hydrogen-bond donors (Lipinski definition) is 2. The van der Waals surface area contributed by atoms with E-state index in [4.69, 9.17) is 0 Å². The van der Waals surface area contributed by atoms with Gasteiger partial charge in [0, 0.05) is 17.3 Å². The van der Waals surface area contributed by atoms with Crippen LogP contribution in [0.4, 0.5) is 5.69 Å². The van der Waals surface area contributed by atoms with E-state index in [1.165, 1.54) is 6.42 Å². The van der Waals surface area contributed by atoms with Crippen molar-refractivity contribution in [3.05, 3.63) is 29.8 Å². The molecule has 0 aliphatic heterocycles. The third-order valence-corrected chi connectivity index (χ3v) is 4.46. The largest absolute Gasteiger partial charge is 0.349 e. The van der Waals surface area contributed by atoms with Crippen LogP contribution in [-0.4, -0.2) is 26.6 Å². The molecule has 1 aliphatic rings. The summed E-state index contributed by atoms with van der Waals surface area (Å²) in [7, 11) is -3.34. The molecule has 0 radical (unpaired) electrons. The molecule has 1 amide bonds. The zero-order valence-corrected chi connectivity index (χ0v) is 13.2. The molecule has 6 heteroatoms. The van der Waals surface area contributed by atoms with Gasteiger partial charge in [-0.1, -0.05) is 25.8 Å². The minimum atomic E-state index is -3.34. The second-order valence-electron chi connectivity index (χ2n) is 5.80. The number of nitrogens with one attached hydrogen (secondary N) is 2. The molecule has 0 spiro atoms. The summed E-state index contributed by atoms with van der Waals surface area (Å²) in [5.41, 5.74) is 0.878. The molecule has 1 fully saturated rings. The third kappa shape index (κ3) is 4.74. The molecule has 2 rings (SSSR count). The molecule has 1 saturated carbocycles. The Morgan fingerprint density at radius 2 is 1.95 bits per heavy atom. The molecule has 5 nitrogen and oxygen atoms in total. The fourth-order valence-electron chi connectivity index (χ4n) is 2.72. The van der Waals surface area contributed by atoms with Crippen molar-refractivity contribution >= 4 is 21.6 Å². The lowest BCUT2D eigenvalue weighted by molar-refractivity contribution is 0.0910. The van der Waals surface area contributed by atoms with Crippen LogP contribution < -0.4 is 10.0 Å². The molecule has 2 unspecified atom stereocenters. The minimum absolute atomic E-state index is 0.147. The van der Waals surface area contributed by atoms with Crippen LogP contribution in [0.25, 0.3) is 0 Å². The summed E-state index contributed by atoms with van der Waals surface area (Å²) in [5.74, 6) is 0.339. The third-order valence-electron chi connectivity index (χ3n) is 3.86. The predicted molar refractivity (Wildman–Crippen MR) is 83.8 cm³/mol. The van der Waals surface area contributed by atoms with Gasteiger partial charge in [-0.05, 0) is 37.0 Å². The fraction of sp³-hybridized carbons (Fsp3) is 0.533. The van der Waals surface area contributed by atoms with Crippen LogP contribution in [0.2, 0.25) is 0 Å². The number of sulfonamides is 1. The van der Waals surface area contributed by atoms with Crippen LogP contribution >= 0.6 is 0 Å². The van der Waals surface area contributed by atoms with E-state index < -0.39 is 10.0 Å². The Kier molecular flexibility index (Phi) is 4.88. The van der Waals surface area contributed by atoms with Crippen LogP contribution in [0, 0.1) is 5.92 Å². The van der Waals surface area contributed by atoms with Crippen LogP contribution in [0.1, 0.15) is 43.0 Å². The fourth-order valence-corrected chi connectivity index (χ4v) is 3.28. The van der Waals surface area contributed by atoms with Gasteiger partial charge in [0.15, 0.2) is 0 Å². The Hall–Kier alpha value is -1.56. The average molecular weight is 310 g/mol. The number of carbonyl (C=O) groups is 1. The molecule has 116 valence electrons. The lowest BCUT2D eigenvalue weighted by Gasteiger charge is -2.29. The number of hydrogen-bond acceptors (Lipinski definition) is 3. The van der Waals surface area contributed by atoms with E-state index in [1.807, 2.05) is 0 Å². The van der Waals surface area contributed by atoms with Crippen LogP contribution in [0.3, 0.4) is 0 Å². The standard InChI is InChI=1S/C15H22N2O3S/c1-11-6-3-4-9-14(11)16-15(18)12-7-5-8-13(10-12)17-21(2,19)20/h5,7-8,10-11,14,17H,3-4,6,9H2,1-2H3,(H,16,18). The summed E-state index contributed by atoms with van der Waals surface area (Å²) in [6.45, 7) is 2.16. The zero-order chi connectivity index (χ0) is 15.5. The van der Waals surface area contributed by atoms with Gasteiger partial charge >= 0.3 is 0 Å². The Bertz CT molecular complexity index is 613. The van der Waals surface area contributed by atoms with Gasteiger partial charge in [-0.15, -0.1) is 0 Å². The molecule has 21 heavy (non-hydrogen) atoms. The molecule has 0 aromatic heterocycles. The second kappa shape index (κ2) is 6.47. The maximum Gasteiger partial charge on any atom is 0.251 e. The summed E-state index contributed by atoms with van der Waals surface area (Å²) < 4.78 is 24.8. The number of amides is 1. The van der Waals surface area contributed by atoms with E-state index in [1.54, 1.807) is 24.3 Å². The average Bonchev–Trinajstić information content (AvgIpc) is 2.39. The molecule has 0 heterocycles. The van der Waals surface area contributed by atoms with Gasteiger partial charge in [0.1, 0.15) is 0 Å². The molecule has 1 aromatic rings.